The summed E-state index contributed by atoms with van der Waals surface area (Å²) < 4.78 is 61.5. The van der Waals surface area contributed by atoms with Gasteiger partial charge in [-0.05, 0) is 173 Å². The third-order valence-corrected chi connectivity index (χ3v) is 17.1. The van der Waals surface area contributed by atoms with Crippen LogP contribution in [-0.2, 0) is 53.5 Å². The fourth-order valence-corrected chi connectivity index (χ4v) is 11.8. The SMILES string of the molecule is COc1cc(CC/C=C2/SC(=O)NC2=O)ccc1OCc1nc(-c2ccco2)oc1C.COc1cc(CCC[C@H]2SC(=O)NC2=O)ccc1OCc1nc(-c2ccco2)oc1C.Cc1oc(-c2ccco2)nc1COc1ccc(CCCC2SC(=O)NC2=O)cc1. The molecule has 0 radical (unpaired) electrons. The van der Waals surface area contributed by atoms with Gasteiger partial charge in [0.2, 0.25) is 11.8 Å². The molecule has 12 rings (SSSR count). The average molecular weight is 1300 g/mol. The van der Waals surface area contributed by atoms with Gasteiger partial charge in [-0.1, -0.05) is 53.9 Å². The molecule has 0 bridgehead atoms. The molecule has 472 valence electrons. The Balaban J connectivity index is 0.000000150. The molecule has 2 atom stereocenters. The van der Waals surface area contributed by atoms with Crippen molar-refractivity contribution in [2.45, 2.75) is 102 Å². The standard InChI is InChI=1S/C22H22N2O6S.C22H20N2O6S.C21H20N2O5S/c2*1-13-15(23-21(30-13)17-6-4-10-28-17)12-29-16-9-8-14(11-18(16)27-2)5-3-7-19-20(25)24-22(26)31-19;1-13-16(22-20(28-13)17-5-3-11-26-17)12-27-15-9-7-14(8-10-15)4-2-6-18-19(24)23-21(25)29-18/h4,6,8-11,19H,3,5,7,12H2,1-2H3,(H,24,25,26);4,6-11H,3,5,12H2,1-2H3,(H,24,25,26);3,5,7-11,18H,2,4,6,12H2,1H3,(H,23,24,25)/b;19-7+;/t19-;;/m1../s1. The fraction of sp³-hybridized carbons (Fsp3) is 0.277. The zero-order valence-electron chi connectivity index (χ0n) is 50.0. The maximum absolute atomic E-state index is 11.6. The molecule has 91 heavy (non-hydrogen) atoms. The van der Waals surface area contributed by atoms with Crippen LogP contribution in [0.1, 0.15) is 83.2 Å². The maximum Gasteiger partial charge on any atom is 0.290 e. The van der Waals surface area contributed by atoms with Crippen molar-refractivity contribution < 1.29 is 79.0 Å². The summed E-state index contributed by atoms with van der Waals surface area (Å²) in [5.74, 6) is 7.42. The summed E-state index contributed by atoms with van der Waals surface area (Å²) >= 11 is 3.06. The molecule has 9 aromatic rings. The summed E-state index contributed by atoms with van der Waals surface area (Å²) in [6, 6.07) is 30.0. The first-order valence-corrected chi connectivity index (χ1v) is 31.3. The van der Waals surface area contributed by atoms with E-state index < -0.39 is 0 Å². The smallest absolute Gasteiger partial charge is 0.290 e. The van der Waals surface area contributed by atoms with Gasteiger partial charge in [-0.25, -0.2) is 15.0 Å². The second-order valence-electron chi connectivity index (χ2n) is 20.5. The number of furan rings is 3. The molecule has 23 nitrogen and oxygen atoms in total. The van der Waals surface area contributed by atoms with E-state index in [0.717, 1.165) is 89.1 Å². The van der Waals surface area contributed by atoms with Gasteiger partial charge < -0.3 is 50.2 Å². The van der Waals surface area contributed by atoms with Gasteiger partial charge >= 0.3 is 0 Å². The number of oxazole rings is 3. The van der Waals surface area contributed by atoms with Crippen LogP contribution >= 0.6 is 35.3 Å². The van der Waals surface area contributed by atoms with Crippen LogP contribution in [0.4, 0.5) is 14.4 Å². The van der Waals surface area contributed by atoms with Crippen LogP contribution in [0.25, 0.3) is 35.0 Å². The van der Waals surface area contributed by atoms with E-state index in [-0.39, 0.29) is 57.2 Å². The van der Waals surface area contributed by atoms with Crippen molar-refractivity contribution in [1.82, 2.24) is 30.9 Å². The molecular formula is C65H62N6O17S3. The first-order chi connectivity index (χ1) is 44.1. The Morgan fingerprint density at radius 3 is 1.32 bits per heavy atom. The number of allylic oxidation sites excluding steroid dienone is 1. The molecule has 9 heterocycles. The summed E-state index contributed by atoms with van der Waals surface area (Å²) in [6.45, 7) is 6.25. The number of carbonyl (C=O) groups is 6. The quantitative estimate of drug-likeness (QED) is 0.0448. The van der Waals surface area contributed by atoms with E-state index in [4.69, 9.17) is 50.2 Å². The predicted molar refractivity (Wildman–Crippen MR) is 335 cm³/mol. The largest absolute Gasteiger partial charge is 0.493 e. The monoisotopic (exact) mass is 1290 g/mol. The Labute approximate surface area is 534 Å². The summed E-state index contributed by atoms with van der Waals surface area (Å²) in [6.07, 6.45) is 12.4. The highest BCUT2D eigenvalue weighted by Crippen LogP contribution is 2.34. The summed E-state index contributed by atoms with van der Waals surface area (Å²) in [4.78, 5) is 82.2. The number of imide groups is 3. The predicted octanol–water partition coefficient (Wildman–Crippen LogP) is 13.6. The molecule has 0 aliphatic carbocycles. The highest BCUT2D eigenvalue weighted by molar-refractivity contribution is 8.18. The highest BCUT2D eigenvalue weighted by Gasteiger charge is 2.32. The van der Waals surface area contributed by atoms with Crippen LogP contribution in [0.3, 0.4) is 0 Å². The summed E-state index contributed by atoms with van der Waals surface area (Å²) in [5.41, 5.74) is 5.32. The van der Waals surface area contributed by atoms with Crippen LogP contribution in [0.15, 0.2) is 153 Å². The average Bonchev–Trinajstić information content (AvgIpc) is 2.22. The zero-order chi connectivity index (χ0) is 63.8. The number of hydrogen-bond donors (Lipinski definition) is 3. The molecule has 6 amide bonds. The van der Waals surface area contributed by atoms with Crippen molar-refractivity contribution in [3.63, 3.8) is 0 Å². The molecule has 3 aliphatic rings. The van der Waals surface area contributed by atoms with Gasteiger partial charge in [-0.2, -0.15) is 0 Å². The first kappa shape index (κ1) is 64.3. The number of carbonyl (C=O) groups excluding carboxylic acids is 6. The van der Waals surface area contributed by atoms with E-state index >= 15 is 0 Å². The van der Waals surface area contributed by atoms with Crippen LogP contribution < -0.4 is 39.6 Å². The van der Waals surface area contributed by atoms with Gasteiger partial charge in [0.15, 0.2) is 40.3 Å². The molecule has 3 saturated heterocycles. The van der Waals surface area contributed by atoms with Crippen LogP contribution in [0, 0.1) is 20.8 Å². The number of thioether (sulfide) groups is 3. The first-order valence-electron chi connectivity index (χ1n) is 28.7. The molecule has 6 aromatic heterocycles. The Morgan fingerprint density at radius 2 is 0.923 bits per heavy atom. The maximum atomic E-state index is 11.6. The number of rotatable bonds is 25. The van der Waals surface area contributed by atoms with Gasteiger partial charge in [-0.15, -0.1) is 0 Å². The van der Waals surface area contributed by atoms with Crippen LogP contribution in [0.5, 0.6) is 28.7 Å². The molecule has 3 N–H and O–H groups in total. The summed E-state index contributed by atoms with van der Waals surface area (Å²) in [5, 5.41) is 5.46. The number of nitrogens with one attached hydrogen (secondary N) is 3. The molecule has 3 fully saturated rings. The van der Waals surface area contributed by atoms with Gasteiger partial charge in [0.05, 0.1) is 48.4 Å². The number of benzene rings is 3. The normalized spacial score (nSPS) is 15.6. The molecule has 0 spiro atoms. The molecule has 1 unspecified atom stereocenters. The molecule has 3 aliphatic heterocycles. The number of amides is 6. The Hall–Kier alpha value is -9.66. The number of nitrogens with zero attached hydrogens (tertiary/aromatic N) is 3. The molecule has 26 heteroatoms. The third kappa shape index (κ3) is 17.4. The van der Waals surface area contributed by atoms with Crippen molar-refractivity contribution in [2.24, 2.45) is 0 Å². The minimum atomic E-state index is -0.338. The Morgan fingerprint density at radius 1 is 0.495 bits per heavy atom. The van der Waals surface area contributed by atoms with Gasteiger partial charge in [0.1, 0.15) is 59.9 Å². The lowest BCUT2D eigenvalue weighted by molar-refractivity contribution is -0.119. The topological polar surface area (TPSA) is 302 Å². The molecule has 0 saturated carbocycles. The fourth-order valence-electron chi connectivity index (χ4n) is 9.35. The van der Waals surface area contributed by atoms with E-state index in [1.165, 1.54) is 0 Å². The minimum absolute atomic E-state index is 0.179. The van der Waals surface area contributed by atoms with E-state index in [1.807, 2.05) is 81.4 Å². The van der Waals surface area contributed by atoms with Crippen molar-refractivity contribution in [3.05, 3.63) is 178 Å². The van der Waals surface area contributed by atoms with E-state index in [0.29, 0.717) is 124 Å². The minimum Gasteiger partial charge on any atom is -0.493 e. The van der Waals surface area contributed by atoms with Gasteiger partial charge in [-0.3, -0.25) is 44.7 Å². The van der Waals surface area contributed by atoms with Crippen LogP contribution in [-0.4, -0.2) is 73.1 Å². The molecule has 3 aromatic carbocycles. The van der Waals surface area contributed by atoms with Gasteiger partial charge in [0, 0.05) is 0 Å². The highest BCUT2D eigenvalue weighted by atomic mass is 32.2. The third-order valence-electron chi connectivity index (χ3n) is 14.2. The summed E-state index contributed by atoms with van der Waals surface area (Å²) in [7, 11) is 3.17. The molecular weight excluding hydrogens is 1230 g/mol. The number of ether oxygens (including phenoxy) is 5. The number of aromatic nitrogens is 3. The second-order valence-corrected chi connectivity index (χ2v) is 23.8. The van der Waals surface area contributed by atoms with Crippen molar-refractivity contribution in [2.75, 3.05) is 14.2 Å². The van der Waals surface area contributed by atoms with Crippen molar-refractivity contribution in [3.8, 4) is 63.7 Å². The lowest BCUT2D eigenvalue weighted by atomic mass is 10.1. The Bertz CT molecular complexity index is 4020. The zero-order valence-corrected chi connectivity index (χ0v) is 52.4. The number of methoxy groups -OCH3 is 2. The van der Waals surface area contributed by atoms with Crippen molar-refractivity contribution >= 4 is 68.7 Å². The van der Waals surface area contributed by atoms with E-state index in [2.05, 4.69) is 30.9 Å². The van der Waals surface area contributed by atoms with Gasteiger partial charge in [0.25, 0.3) is 39.3 Å². The second kappa shape index (κ2) is 30.7. The Kier molecular flexibility index (Phi) is 21.7. The number of hydrogen-bond acceptors (Lipinski definition) is 23. The van der Waals surface area contributed by atoms with E-state index in [9.17, 15) is 28.8 Å². The van der Waals surface area contributed by atoms with E-state index in [1.54, 1.807) is 75.5 Å². The van der Waals surface area contributed by atoms with Crippen molar-refractivity contribution in [1.29, 1.82) is 0 Å². The number of aryl methyl sites for hydroxylation is 6. The lowest BCUT2D eigenvalue weighted by Crippen LogP contribution is -2.24. The lowest BCUT2D eigenvalue weighted by Gasteiger charge is -2.12. The van der Waals surface area contributed by atoms with Crippen LogP contribution in [0.2, 0.25) is 0 Å².